The van der Waals surface area contributed by atoms with E-state index in [1.807, 2.05) is 31.2 Å². The predicted octanol–water partition coefficient (Wildman–Crippen LogP) is 4.63. The van der Waals surface area contributed by atoms with Crippen LogP contribution in [0.3, 0.4) is 0 Å². The topological polar surface area (TPSA) is 29.5 Å². The quantitative estimate of drug-likeness (QED) is 0.565. The van der Waals surface area contributed by atoms with Crippen molar-refractivity contribution in [1.82, 2.24) is 4.90 Å². The van der Waals surface area contributed by atoms with Crippen LogP contribution in [0.1, 0.15) is 18.1 Å². The number of benzene rings is 2. The van der Waals surface area contributed by atoms with E-state index < -0.39 is 0 Å². The number of carbonyl (C=O) groups is 1. The second-order valence-electron chi connectivity index (χ2n) is 5.38. The van der Waals surface area contributed by atoms with Crippen molar-refractivity contribution in [3.63, 3.8) is 0 Å². The van der Waals surface area contributed by atoms with Crippen molar-refractivity contribution in [3.8, 4) is 5.75 Å². The summed E-state index contributed by atoms with van der Waals surface area (Å²) in [6.07, 6.45) is 1.79. The van der Waals surface area contributed by atoms with Crippen LogP contribution in [-0.4, -0.2) is 21.7 Å². The van der Waals surface area contributed by atoms with Crippen LogP contribution in [-0.2, 0) is 11.4 Å². The summed E-state index contributed by atoms with van der Waals surface area (Å²) in [7, 11) is 0. The monoisotopic (exact) mass is 373 g/mol. The highest BCUT2D eigenvalue weighted by Gasteiger charge is 2.30. The highest BCUT2D eigenvalue weighted by atomic mass is 32.2. The molecular formula is C19H16FNO2S2. The summed E-state index contributed by atoms with van der Waals surface area (Å²) in [5.41, 5.74) is 1.53. The van der Waals surface area contributed by atoms with Gasteiger partial charge in [0.05, 0.1) is 4.91 Å². The molecule has 1 aliphatic heterocycles. The summed E-state index contributed by atoms with van der Waals surface area (Å²) in [5, 5.41) is 0. The first kappa shape index (κ1) is 17.6. The Morgan fingerprint density at radius 1 is 1.24 bits per heavy atom. The van der Waals surface area contributed by atoms with Crippen molar-refractivity contribution >= 4 is 40.3 Å². The lowest BCUT2D eigenvalue weighted by molar-refractivity contribution is -0.121. The second-order valence-corrected chi connectivity index (χ2v) is 7.06. The number of carbonyl (C=O) groups excluding carboxylic acids is 1. The molecule has 2 aromatic rings. The van der Waals surface area contributed by atoms with Gasteiger partial charge in [-0.3, -0.25) is 9.69 Å². The molecular weight excluding hydrogens is 357 g/mol. The van der Waals surface area contributed by atoms with Gasteiger partial charge in [0, 0.05) is 12.1 Å². The molecule has 25 heavy (non-hydrogen) atoms. The van der Waals surface area contributed by atoms with Crippen LogP contribution in [0.15, 0.2) is 53.4 Å². The first-order valence-corrected chi connectivity index (χ1v) is 9.02. The molecule has 0 spiro atoms. The lowest BCUT2D eigenvalue weighted by Crippen LogP contribution is -2.27. The summed E-state index contributed by atoms with van der Waals surface area (Å²) >= 11 is 6.52. The zero-order chi connectivity index (χ0) is 17.8. The zero-order valence-electron chi connectivity index (χ0n) is 13.6. The molecule has 0 saturated carbocycles. The van der Waals surface area contributed by atoms with Gasteiger partial charge < -0.3 is 4.74 Å². The van der Waals surface area contributed by atoms with Gasteiger partial charge in [0.25, 0.3) is 5.91 Å². The van der Waals surface area contributed by atoms with E-state index in [1.54, 1.807) is 23.1 Å². The van der Waals surface area contributed by atoms with Crippen LogP contribution in [0.25, 0.3) is 6.08 Å². The molecule has 1 heterocycles. The number of thiocarbonyl (C=S) groups is 1. The number of hydrogen-bond acceptors (Lipinski definition) is 4. The highest BCUT2D eigenvalue weighted by molar-refractivity contribution is 8.26. The smallest absolute Gasteiger partial charge is 0.266 e. The van der Waals surface area contributed by atoms with Crippen LogP contribution in [0, 0.1) is 5.82 Å². The molecule has 0 bridgehead atoms. The highest BCUT2D eigenvalue weighted by Crippen LogP contribution is 2.34. The molecule has 1 fully saturated rings. The molecule has 1 saturated heterocycles. The van der Waals surface area contributed by atoms with Crippen LogP contribution in [0.4, 0.5) is 4.39 Å². The summed E-state index contributed by atoms with van der Waals surface area (Å²) in [6.45, 7) is 2.70. The van der Waals surface area contributed by atoms with Gasteiger partial charge in [0.2, 0.25) is 0 Å². The Bertz CT molecular complexity index is 851. The van der Waals surface area contributed by atoms with Gasteiger partial charge in [-0.2, -0.15) is 0 Å². The molecule has 128 valence electrons. The number of amides is 1. The Hall–Kier alpha value is -2.18. The average Bonchev–Trinajstić information content (AvgIpc) is 2.87. The Labute approximate surface area is 155 Å². The number of para-hydroxylation sites is 1. The maximum atomic E-state index is 13.3. The molecule has 2 aromatic carbocycles. The normalized spacial score (nSPS) is 15.9. The van der Waals surface area contributed by atoms with E-state index >= 15 is 0 Å². The maximum Gasteiger partial charge on any atom is 0.266 e. The van der Waals surface area contributed by atoms with E-state index in [4.69, 9.17) is 17.0 Å². The lowest BCUT2D eigenvalue weighted by Gasteiger charge is -2.10. The number of nitrogens with zero attached hydrogens (tertiary/aromatic N) is 1. The largest absolute Gasteiger partial charge is 0.488 e. The number of rotatable bonds is 5. The van der Waals surface area contributed by atoms with Crippen molar-refractivity contribution in [2.75, 3.05) is 6.54 Å². The Morgan fingerprint density at radius 3 is 2.76 bits per heavy atom. The number of thioether (sulfide) groups is 1. The van der Waals surface area contributed by atoms with E-state index in [0.717, 1.165) is 11.1 Å². The summed E-state index contributed by atoms with van der Waals surface area (Å²) in [6, 6.07) is 13.7. The second kappa shape index (κ2) is 7.80. The van der Waals surface area contributed by atoms with Gasteiger partial charge in [0.15, 0.2) is 0 Å². The molecule has 6 heteroatoms. The standard InChI is InChI=1S/C19H16FNO2S2/c1-2-21-18(22)17(25-19(21)24)11-14-7-3-4-9-16(14)23-12-13-6-5-8-15(20)10-13/h3-11H,2,12H2,1H3. The number of hydrogen-bond donors (Lipinski definition) is 0. The molecule has 3 nitrogen and oxygen atoms in total. The van der Waals surface area contributed by atoms with Crippen LogP contribution in [0.2, 0.25) is 0 Å². The van der Waals surface area contributed by atoms with Crippen molar-refractivity contribution in [3.05, 3.63) is 70.4 Å². The fraction of sp³-hybridized carbons (Fsp3) is 0.158. The van der Waals surface area contributed by atoms with E-state index in [2.05, 4.69) is 0 Å². The summed E-state index contributed by atoms with van der Waals surface area (Å²) in [5.74, 6) is 0.253. The van der Waals surface area contributed by atoms with Crippen LogP contribution >= 0.6 is 24.0 Å². The Morgan fingerprint density at radius 2 is 2.04 bits per heavy atom. The molecule has 0 atom stereocenters. The third-order valence-electron chi connectivity index (χ3n) is 3.68. The fourth-order valence-corrected chi connectivity index (χ4v) is 3.81. The van der Waals surface area contributed by atoms with Gasteiger partial charge in [0.1, 0.15) is 22.5 Å². The van der Waals surface area contributed by atoms with Gasteiger partial charge in [-0.05, 0) is 36.8 Å². The minimum atomic E-state index is -0.294. The van der Waals surface area contributed by atoms with E-state index in [-0.39, 0.29) is 18.3 Å². The van der Waals surface area contributed by atoms with Crippen molar-refractivity contribution in [2.24, 2.45) is 0 Å². The molecule has 0 aromatic heterocycles. The minimum absolute atomic E-state index is 0.0857. The molecule has 0 radical (unpaired) electrons. The van der Waals surface area contributed by atoms with Gasteiger partial charge >= 0.3 is 0 Å². The van der Waals surface area contributed by atoms with E-state index in [9.17, 15) is 9.18 Å². The number of likely N-dealkylation sites (N-methyl/N-ethyl adjacent to an activating group) is 1. The molecule has 3 rings (SSSR count). The van der Waals surface area contributed by atoms with Gasteiger partial charge in [-0.1, -0.05) is 54.3 Å². The van der Waals surface area contributed by atoms with Crippen LogP contribution < -0.4 is 4.74 Å². The average molecular weight is 373 g/mol. The first-order valence-electron chi connectivity index (χ1n) is 7.80. The third kappa shape index (κ3) is 4.08. The molecule has 0 unspecified atom stereocenters. The molecule has 0 aliphatic carbocycles. The molecule has 1 amide bonds. The summed E-state index contributed by atoms with van der Waals surface area (Å²) < 4.78 is 19.7. The van der Waals surface area contributed by atoms with Crippen molar-refractivity contribution in [1.29, 1.82) is 0 Å². The van der Waals surface area contributed by atoms with E-state index in [0.29, 0.717) is 21.5 Å². The van der Waals surface area contributed by atoms with Crippen molar-refractivity contribution < 1.29 is 13.9 Å². The molecule has 0 N–H and O–H groups in total. The number of halogens is 1. The van der Waals surface area contributed by atoms with Crippen molar-refractivity contribution in [2.45, 2.75) is 13.5 Å². The molecule has 1 aliphatic rings. The third-order valence-corrected chi connectivity index (χ3v) is 5.06. The van der Waals surface area contributed by atoms with E-state index in [1.165, 1.54) is 23.9 Å². The Kier molecular flexibility index (Phi) is 5.50. The maximum absolute atomic E-state index is 13.3. The first-order chi connectivity index (χ1) is 12.1. The SMILES string of the molecule is CCN1C(=O)C(=Cc2ccccc2OCc2cccc(F)c2)SC1=S. The predicted molar refractivity (Wildman–Crippen MR) is 103 cm³/mol. The fourth-order valence-electron chi connectivity index (χ4n) is 2.43. The summed E-state index contributed by atoms with van der Waals surface area (Å²) in [4.78, 5) is 14.5. The number of ether oxygens (including phenoxy) is 1. The van der Waals surface area contributed by atoms with Gasteiger partial charge in [-0.25, -0.2) is 4.39 Å². The minimum Gasteiger partial charge on any atom is -0.488 e. The lowest BCUT2D eigenvalue weighted by atomic mass is 10.1. The van der Waals surface area contributed by atoms with Crippen LogP contribution in [0.5, 0.6) is 5.75 Å². The van der Waals surface area contributed by atoms with Gasteiger partial charge in [-0.15, -0.1) is 0 Å². The zero-order valence-corrected chi connectivity index (χ0v) is 15.2. The Balaban J connectivity index is 1.81.